The predicted octanol–water partition coefficient (Wildman–Crippen LogP) is 8.65. The molecule has 0 aromatic rings. The maximum atomic E-state index is 13.1. The van der Waals surface area contributed by atoms with E-state index >= 15 is 0 Å². The lowest BCUT2D eigenvalue weighted by atomic mass is 9.45. The molecule has 8 aliphatic rings. The highest BCUT2D eigenvalue weighted by molar-refractivity contribution is 5.92. The zero-order chi connectivity index (χ0) is 39.1. The lowest BCUT2D eigenvalue weighted by molar-refractivity contribution is -0.162. The summed E-state index contributed by atoms with van der Waals surface area (Å²) < 4.78 is 12.4. The van der Waals surface area contributed by atoms with E-state index in [9.17, 15) is 24.0 Å². The molecule has 0 aromatic carbocycles. The zero-order valence-corrected chi connectivity index (χ0v) is 34.5. The molecule has 302 valence electrons. The molecule has 8 rings (SSSR count). The van der Waals surface area contributed by atoms with Gasteiger partial charge in [0.05, 0.1) is 12.8 Å². The van der Waals surface area contributed by atoms with Crippen molar-refractivity contribution in [3.05, 3.63) is 23.3 Å². The number of rotatable bonds is 8. The molecule has 0 radical (unpaired) electrons. The average molecular weight is 758 g/mol. The molecule has 0 saturated heterocycles. The first kappa shape index (κ1) is 39.1. The minimum Gasteiger partial charge on any atom is -0.462 e. The summed E-state index contributed by atoms with van der Waals surface area (Å²) in [5.41, 5.74) is 2.86. The third-order valence-electron chi connectivity index (χ3n) is 18.2. The fourth-order valence-electron chi connectivity index (χ4n) is 15.1. The van der Waals surface area contributed by atoms with Crippen LogP contribution in [0, 0.1) is 69.0 Å². The van der Waals surface area contributed by atoms with E-state index in [-0.39, 0.29) is 89.1 Å². The highest BCUT2D eigenvalue weighted by Crippen LogP contribution is 2.68. The minimum absolute atomic E-state index is 0.0330. The number of allylic oxidation sites excluding steroid dienone is 2. The van der Waals surface area contributed by atoms with E-state index < -0.39 is 0 Å². The van der Waals surface area contributed by atoms with Crippen LogP contribution in [0.15, 0.2) is 23.3 Å². The summed E-state index contributed by atoms with van der Waals surface area (Å²) in [5.74, 6) is 4.09. The molecule has 6 fully saturated rings. The Morgan fingerprint density at radius 2 is 1.07 bits per heavy atom. The summed E-state index contributed by atoms with van der Waals surface area (Å²) in [7, 11) is 0. The van der Waals surface area contributed by atoms with Crippen LogP contribution in [0.5, 0.6) is 0 Å². The first-order valence-corrected chi connectivity index (χ1v) is 22.2. The fourth-order valence-corrected chi connectivity index (χ4v) is 15.1. The second-order valence-corrected chi connectivity index (χ2v) is 20.9. The van der Waals surface area contributed by atoms with Gasteiger partial charge in [0.15, 0.2) is 11.6 Å². The van der Waals surface area contributed by atoms with E-state index in [1.165, 1.54) is 11.1 Å². The Labute approximate surface area is 329 Å². The summed E-state index contributed by atoms with van der Waals surface area (Å²) in [4.78, 5) is 63.6. The Balaban J connectivity index is 0.781. The van der Waals surface area contributed by atoms with Gasteiger partial charge in [0.1, 0.15) is 12.2 Å². The van der Waals surface area contributed by atoms with Crippen molar-refractivity contribution in [2.45, 2.75) is 163 Å². The van der Waals surface area contributed by atoms with Gasteiger partial charge < -0.3 is 14.8 Å². The molecular weight excluding hydrogens is 691 g/mol. The van der Waals surface area contributed by atoms with Crippen molar-refractivity contribution in [3.63, 3.8) is 0 Å². The molecular formula is C47H67NO7. The molecule has 1 amide bonds. The van der Waals surface area contributed by atoms with Crippen molar-refractivity contribution in [1.82, 2.24) is 5.32 Å². The van der Waals surface area contributed by atoms with Crippen LogP contribution in [-0.2, 0) is 33.4 Å². The van der Waals surface area contributed by atoms with Gasteiger partial charge in [0, 0.05) is 36.6 Å². The summed E-state index contributed by atoms with van der Waals surface area (Å²) >= 11 is 0. The molecule has 8 aliphatic carbocycles. The summed E-state index contributed by atoms with van der Waals surface area (Å²) in [6.07, 6.45) is 17.3. The molecule has 8 heteroatoms. The first-order valence-electron chi connectivity index (χ1n) is 22.2. The van der Waals surface area contributed by atoms with E-state index in [4.69, 9.17) is 9.47 Å². The van der Waals surface area contributed by atoms with Crippen molar-refractivity contribution in [1.29, 1.82) is 0 Å². The SMILES string of the molecule is C[C@@H]1CC2=CC(=O)CC[C@]2(C)C2CC[C@@]3(C)C(CC[C@@H]3OC(=O)CCNC(=O)CCC(=O)O[C@H]3CCC4C5C(CC[C@@]43C)[C@@]3(C)CCC(=O)C=C3C[C@H]5C)C21. The first-order chi connectivity index (χ1) is 26.1. The third kappa shape index (κ3) is 6.50. The van der Waals surface area contributed by atoms with Gasteiger partial charge >= 0.3 is 11.9 Å². The summed E-state index contributed by atoms with van der Waals surface area (Å²) in [6, 6.07) is 0. The van der Waals surface area contributed by atoms with E-state index in [1.54, 1.807) is 0 Å². The maximum Gasteiger partial charge on any atom is 0.307 e. The molecule has 0 spiro atoms. The Morgan fingerprint density at radius 1 is 0.618 bits per heavy atom. The number of carbonyl (C=O) groups is 5. The lowest BCUT2D eigenvalue weighted by Gasteiger charge is -2.59. The van der Waals surface area contributed by atoms with Crippen molar-refractivity contribution >= 4 is 29.4 Å². The predicted molar refractivity (Wildman–Crippen MR) is 209 cm³/mol. The Morgan fingerprint density at radius 3 is 1.55 bits per heavy atom. The Hall–Kier alpha value is -2.77. The van der Waals surface area contributed by atoms with E-state index in [1.807, 2.05) is 12.2 Å². The van der Waals surface area contributed by atoms with Gasteiger partial charge in [-0.2, -0.15) is 0 Å². The monoisotopic (exact) mass is 757 g/mol. The lowest BCUT2D eigenvalue weighted by Crippen LogP contribution is -2.54. The molecule has 0 aliphatic heterocycles. The van der Waals surface area contributed by atoms with Crippen LogP contribution < -0.4 is 5.32 Å². The number of nitrogens with one attached hydrogen (secondary N) is 1. The van der Waals surface area contributed by atoms with Gasteiger partial charge in [-0.3, -0.25) is 24.0 Å². The quantitative estimate of drug-likeness (QED) is 0.247. The van der Waals surface area contributed by atoms with Crippen LogP contribution in [0.25, 0.3) is 0 Å². The van der Waals surface area contributed by atoms with Crippen molar-refractivity contribution in [2.75, 3.05) is 6.54 Å². The van der Waals surface area contributed by atoms with Crippen molar-refractivity contribution in [2.24, 2.45) is 69.0 Å². The molecule has 0 aromatic heterocycles. The number of fused-ring (bicyclic) bond motifs is 10. The summed E-state index contributed by atoms with van der Waals surface area (Å²) in [5, 5.41) is 2.85. The van der Waals surface area contributed by atoms with Gasteiger partial charge in [-0.1, -0.05) is 52.7 Å². The Kier molecular flexibility index (Phi) is 10.1. The highest BCUT2D eigenvalue weighted by atomic mass is 16.5. The summed E-state index contributed by atoms with van der Waals surface area (Å²) in [6.45, 7) is 14.4. The van der Waals surface area contributed by atoms with Crippen LogP contribution in [0.2, 0.25) is 0 Å². The van der Waals surface area contributed by atoms with Crippen LogP contribution in [0.4, 0.5) is 0 Å². The fraction of sp³-hybridized carbons (Fsp3) is 0.809. The maximum absolute atomic E-state index is 13.1. The number of hydrogen-bond acceptors (Lipinski definition) is 7. The molecule has 6 saturated carbocycles. The number of ketones is 2. The number of carbonyl (C=O) groups excluding carboxylic acids is 5. The standard InChI is InChI=1S/C47H67NO7/c1-27-23-29-25-31(49)13-18-44(29,3)35-15-20-46(5)33(42(27)35)7-9-37(46)54-40(52)12-11-39(51)48-22-17-41(53)55-38-10-8-34-43-28(2)24-30-26-32(50)14-19-45(30,4)36(43)16-21-47(34,38)6/h25-28,33-38,42-43H,7-24H2,1-6H3,(H,48,51)/t27-,28-,33?,34?,35?,36?,37+,38+,42?,43?,44+,45+,46+,47+/m1/s1. The van der Waals surface area contributed by atoms with Gasteiger partial charge in [0.25, 0.3) is 0 Å². The molecule has 0 heterocycles. The number of ether oxygens (including phenoxy) is 2. The minimum atomic E-state index is -0.313. The van der Waals surface area contributed by atoms with E-state index in [2.05, 4.69) is 46.9 Å². The van der Waals surface area contributed by atoms with Gasteiger partial charge in [-0.05, 0) is 147 Å². The van der Waals surface area contributed by atoms with Gasteiger partial charge in [0.2, 0.25) is 5.91 Å². The van der Waals surface area contributed by atoms with E-state index in [0.717, 1.165) is 77.0 Å². The third-order valence-corrected chi connectivity index (χ3v) is 18.2. The second kappa shape index (κ2) is 14.3. The number of esters is 2. The van der Waals surface area contributed by atoms with E-state index in [0.29, 0.717) is 60.2 Å². The van der Waals surface area contributed by atoms with Gasteiger partial charge in [-0.25, -0.2) is 0 Å². The normalized spacial score (nSPS) is 45.7. The van der Waals surface area contributed by atoms with Crippen LogP contribution >= 0.6 is 0 Å². The number of hydrogen-bond donors (Lipinski definition) is 1. The average Bonchev–Trinajstić information content (AvgIpc) is 3.64. The van der Waals surface area contributed by atoms with Crippen molar-refractivity contribution in [3.8, 4) is 0 Å². The topological polar surface area (TPSA) is 116 Å². The molecule has 55 heavy (non-hydrogen) atoms. The van der Waals surface area contributed by atoms with Crippen LogP contribution in [-0.4, -0.2) is 48.2 Å². The van der Waals surface area contributed by atoms with Crippen LogP contribution in [0.3, 0.4) is 0 Å². The van der Waals surface area contributed by atoms with Gasteiger partial charge in [-0.15, -0.1) is 0 Å². The second-order valence-electron chi connectivity index (χ2n) is 20.9. The van der Waals surface area contributed by atoms with Crippen LogP contribution in [0.1, 0.15) is 151 Å². The number of amides is 1. The Bertz CT molecular complexity index is 1680. The zero-order valence-electron chi connectivity index (χ0n) is 34.5. The highest BCUT2D eigenvalue weighted by Gasteiger charge is 2.63. The molecule has 1 N–H and O–H groups in total. The largest absolute Gasteiger partial charge is 0.462 e. The molecule has 8 nitrogen and oxygen atoms in total. The smallest absolute Gasteiger partial charge is 0.307 e. The molecule has 0 bridgehead atoms. The van der Waals surface area contributed by atoms with Crippen molar-refractivity contribution < 1.29 is 33.4 Å². The molecule has 14 atom stereocenters. The molecule has 6 unspecified atom stereocenters.